The topological polar surface area (TPSA) is 69.8 Å². The number of nitrogens with one attached hydrogen (secondary N) is 3. The van der Waals surface area contributed by atoms with Crippen LogP contribution in [-0.4, -0.2) is 16.1 Å². The number of rotatable bonds is 2. The van der Waals surface area contributed by atoms with Gasteiger partial charge in [0, 0.05) is 17.4 Å². The predicted octanol–water partition coefficient (Wildman–Crippen LogP) is 1.51. The van der Waals surface area contributed by atoms with Crippen LogP contribution in [0.4, 0.5) is 11.4 Å². The molecule has 1 aliphatic rings. The van der Waals surface area contributed by atoms with Crippen molar-refractivity contribution >= 4 is 17.3 Å². The number of aromatic nitrogens is 2. The lowest BCUT2D eigenvalue weighted by atomic mass is 10.1. The van der Waals surface area contributed by atoms with E-state index in [2.05, 4.69) is 20.8 Å². The molecule has 1 aromatic heterocycles. The third-order valence-electron chi connectivity index (χ3n) is 2.60. The first kappa shape index (κ1) is 8.96. The Hall–Kier alpha value is -2.30. The molecule has 0 fully saturated rings. The van der Waals surface area contributed by atoms with Crippen LogP contribution in [0.25, 0.3) is 0 Å². The minimum Gasteiger partial charge on any atom is -0.367 e. The molecule has 0 saturated carbocycles. The number of hydrogen-bond acceptors (Lipinski definition) is 3. The maximum Gasteiger partial charge on any atom is 0.251 e. The van der Waals surface area contributed by atoms with E-state index < -0.39 is 0 Å². The summed E-state index contributed by atoms with van der Waals surface area (Å²) in [5.74, 6) is -0.0394. The summed E-state index contributed by atoms with van der Waals surface area (Å²) in [4.78, 5) is 11.8. The monoisotopic (exact) mass is 214 g/mol. The molecular weight excluding hydrogens is 204 g/mol. The Morgan fingerprint density at radius 1 is 1.31 bits per heavy atom. The first-order valence-electron chi connectivity index (χ1n) is 5.00. The van der Waals surface area contributed by atoms with Crippen LogP contribution in [0.15, 0.2) is 36.7 Å². The van der Waals surface area contributed by atoms with Crippen LogP contribution in [-0.2, 0) is 4.79 Å². The number of anilines is 2. The molecule has 5 heteroatoms. The number of carbonyl (C=O) groups is 1. The fourth-order valence-corrected chi connectivity index (χ4v) is 1.85. The molecule has 0 radical (unpaired) electrons. The number of benzene rings is 1. The van der Waals surface area contributed by atoms with Gasteiger partial charge in [0.25, 0.3) is 5.91 Å². The van der Waals surface area contributed by atoms with Crippen molar-refractivity contribution in [1.29, 1.82) is 0 Å². The number of aromatic amines is 1. The summed E-state index contributed by atoms with van der Waals surface area (Å²) < 4.78 is 0. The molecule has 1 aliphatic heterocycles. The number of amides is 1. The van der Waals surface area contributed by atoms with E-state index in [1.165, 1.54) is 0 Å². The van der Waals surface area contributed by atoms with Crippen molar-refractivity contribution in [2.75, 3.05) is 10.6 Å². The second-order valence-electron chi connectivity index (χ2n) is 3.64. The second kappa shape index (κ2) is 3.37. The molecule has 0 spiro atoms. The normalized spacial score (nSPS) is 18.0. The van der Waals surface area contributed by atoms with Crippen molar-refractivity contribution in [3.05, 3.63) is 42.2 Å². The SMILES string of the molecule is O=C1Nc2ccccc2C1Nc1cn[nH]c1. The molecule has 2 heterocycles. The van der Waals surface area contributed by atoms with Gasteiger partial charge in [0.1, 0.15) is 6.04 Å². The minimum absolute atomic E-state index is 0.0394. The molecule has 80 valence electrons. The summed E-state index contributed by atoms with van der Waals surface area (Å²) in [5.41, 5.74) is 2.64. The molecule has 0 bridgehead atoms. The van der Waals surface area contributed by atoms with E-state index >= 15 is 0 Å². The third kappa shape index (κ3) is 1.33. The van der Waals surface area contributed by atoms with Gasteiger partial charge in [-0.2, -0.15) is 5.10 Å². The third-order valence-corrected chi connectivity index (χ3v) is 2.60. The summed E-state index contributed by atoms with van der Waals surface area (Å²) >= 11 is 0. The van der Waals surface area contributed by atoms with Gasteiger partial charge in [-0.3, -0.25) is 9.89 Å². The van der Waals surface area contributed by atoms with Gasteiger partial charge < -0.3 is 10.6 Å². The smallest absolute Gasteiger partial charge is 0.251 e. The van der Waals surface area contributed by atoms with Crippen LogP contribution in [0.3, 0.4) is 0 Å². The van der Waals surface area contributed by atoms with Crippen LogP contribution in [0.2, 0.25) is 0 Å². The van der Waals surface area contributed by atoms with Crippen molar-refractivity contribution in [3.63, 3.8) is 0 Å². The highest BCUT2D eigenvalue weighted by Crippen LogP contribution is 2.32. The van der Waals surface area contributed by atoms with Crippen LogP contribution < -0.4 is 10.6 Å². The fourth-order valence-electron chi connectivity index (χ4n) is 1.85. The molecule has 1 unspecified atom stereocenters. The van der Waals surface area contributed by atoms with Gasteiger partial charge in [0.2, 0.25) is 0 Å². The largest absolute Gasteiger partial charge is 0.367 e. The maximum atomic E-state index is 11.8. The zero-order chi connectivity index (χ0) is 11.0. The van der Waals surface area contributed by atoms with Crippen LogP contribution >= 0.6 is 0 Å². The van der Waals surface area contributed by atoms with E-state index in [-0.39, 0.29) is 11.9 Å². The molecule has 5 nitrogen and oxygen atoms in total. The van der Waals surface area contributed by atoms with E-state index in [4.69, 9.17) is 0 Å². The molecule has 16 heavy (non-hydrogen) atoms. The highest BCUT2D eigenvalue weighted by Gasteiger charge is 2.29. The van der Waals surface area contributed by atoms with E-state index in [0.717, 1.165) is 16.9 Å². The molecule has 1 amide bonds. The summed E-state index contributed by atoms with van der Waals surface area (Å²) in [6.45, 7) is 0. The molecular formula is C11H10N4O. The lowest BCUT2D eigenvalue weighted by molar-refractivity contribution is -0.116. The summed E-state index contributed by atoms with van der Waals surface area (Å²) in [6, 6.07) is 7.31. The molecule has 2 aromatic rings. The Morgan fingerprint density at radius 2 is 2.19 bits per heavy atom. The molecule has 1 aromatic carbocycles. The fraction of sp³-hybridized carbons (Fsp3) is 0.0909. The van der Waals surface area contributed by atoms with Crippen LogP contribution in [0, 0.1) is 0 Å². The van der Waals surface area contributed by atoms with Gasteiger partial charge in [0.15, 0.2) is 0 Å². The molecule has 0 aliphatic carbocycles. The Kier molecular flexibility index (Phi) is 1.89. The van der Waals surface area contributed by atoms with Gasteiger partial charge in [-0.15, -0.1) is 0 Å². The molecule has 0 saturated heterocycles. The number of hydrogen-bond donors (Lipinski definition) is 3. The van der Waals surface area contributed by atoms with Gasteiger partial charge in [-0.05, 0) is 6.07 Å². The molecule has 1 atom stereocenters. The lowest BCUT2D eigenvalue weighted by Gasteiger charge is -2.10. The van der Waals surface area contributed by atoms with Crippen LogP contribution in [0.5, 0.6) is 0 Å². The number of fused-ring (bicyclic) bond motifs is 1. The summed E-state index contributed by atoms with van der Waals surface area (Å²) in [6.07, 6.45) is 3.36. The standard InChI is InChI=1S/C11H10N4O/c16-11-10(14-7-5-12-13-6-7)8-3-1-2-4-9(8)15-11/h1-6,10,14H,(H,12,13)(H,15,16). The average molecular weight is 214 g/mol. The first-order valence-corrected chi connectivity index (χ1v) is 5.00. The average Bonchev–Trinajstić information content (AvgIpc) is 2.89. The molecule has 3 rings (SSSR count). The van der Waals surface area contributed by atoms with Gasteiger partial charge in [0.05, 0.1) is 11.9 Å². The van der Waals surface area contributed by atoms with Crippen molar-refractivity contribution in [3.8, 4) is 0 Å². The first-order chi connectivity index (χ1) is 7.84. The number of H-pyrrole nitrogens is 1. The predicted molar refractivity (Wildman–Crippen MR) is 60.0 cm³/mol. The van der Waals surface area contributed by atoms with Crippen molar-refractivity contribution in [2.24, 2.45) is 0 Å². The van der Waals surface area contributed by atoms with E-state index in [1.807, 2.05) is 24.3 Å². The van der Waals surface area contributed by atoms with Crippen molar-refractivity contribution < 1.29 is 4.79 Å². The zero-order valence-corrected chi connectivity index (χ0v) is 8.40. The quantitative estimate of drug-likeness (QED) is 0.709. The minimum atomic E-state index is -0.339. The van der Waals surface area contributed by atoms with E-state index in [0.29, 0.717) is 0 Å². The van der Waals surface area contributed by atoms with Crippen molar-refractivity contribution in [1.82, 2.24) is 10.2 Å². The van der Waals surface area contributed by atoms with E-state index in [9.17, 15) is 4.79 Å². The summed E-state index contributed by atoms with van der Waals surface area (Å²) in [7, 11) is 0. The van der Waals surface area contributed by atoms with Crippen LogP contribution in [0.1, 0.15) is 11.6 Å². The Labute approximate surface area is 91.9 Å². The lowest BCUT2D eigenvalue weighted by Crippen LogP contribution is -2.19. The molecule has 3 N–H and O–H groups in total. The summed E-state index contributed by atoms with van der Waals surface area (Å²) in [5, 5.41) is 12.5. The van der Waals surface area contributed by atoms with Gasteiger partial charge >= 0.3 is 0 Å². The van der Waals surface area contributed by atoms with Crippen molar-refractivity contribution in [2.45, 2.75) is 6.04 Å². The van der Waals surface area contributed by atoms with Gasteiger partial charge in [-0.1, -0.05) is 18.2 Å². The Bertz CT molecular complexity index is 521. The maximum absolute atomic E-state index is 11.8. The number of para-hydroxylation sites is 1. The zero-order valence-electron chi connectivity index (χ0n) is 8.40. The second-order valence-corrected chi connectivity index (χ2v) is 3.64. The number of carbonyl (C=O) groups excluding carboxylic acids is 1. The number of nitrogens with zero attached hydrogens (tertiary/aromatic N) is 1. The Morgan fingerprint density at radius 3 is 3.00 bits per heavy atom. The highest BCUT2D eigenvalue weighted by molar-refractivity contribution is 6.04. The van der Waals surface area contributed by atoms with E-state index in [1.54, 1.807) is 12.4 Å². The Balaban J connectivity index is 1.93. The van der Waals surface area contributed by atoms with Gasteiger partial charge in [-0.25, -0.2) is 0 Å². The highest BCUT2D eigenvalue weighted by atomic mass is 16.2.